The van der Waals surface area contributed by atoms with Crippen LogP contribution in [0.4, 0.5) is 11.4 Å². The van der Waals surface area contributed by atoms with E-state index in [0.29, 0.717) is 12.0 Å². The maximum Gasteiger partial charge on any atom is 0.0724 e. The van der Waals surface area contributed by atoms with Crippen LogP contribution < -0.4 is 11.1 Å². The van der Waals surface area contributed by atoms with Gasteiger partial charge in [-0.2, -0.15) is 0 Å². The van der Waals surface area contributed by atoms with Gasteiger partial charge in [0.15, 0.2) is 0 Å². The lowest BCUT2D eigenvalue weighted by Crippen LogP contribution is -2.06. The van der Waals surface area contributed by atoms with Crippen molar-refractivity contribution in [2.24, 2.45) is 0 Å². The maximum absolute atomic E-state index is 6.28. The minimum Gasteiger partial charge on any atom is -0.397 e. The molecule has 3 heteroatoms. The first-order valence-corrected chi connectivity index (χ1v) is 7.27. The standard InChI is InChI=1S/C18H17N3/c19-18-13-7-4-10-20-15(13)8-9-16(18)21-17-11-14(17)12-5-2-1-3-6-12/h1-10,14,17,21H,11,19H2. The first-order chi connectivity index (χ1) is 10.3. The van der Waals surface area contributed by atoms with Gasteiger partial charge in [-0.3, -0.25) is 4.98 Å². The molecule has 0 bridgehead atoms. The van der Waals surface area contributed by atoms with Gasteiger partial charge in [0.25, 0.3) is 0 Å². The van der Waals surface area contributed by atoms with E-state index >= 15 is 0 Å². The Balaban J connectivity index is 1.58. The fourth-order valence-corrected chi connectivity index (χ4v) is 2.92. The molecule has 1 aromatic heterocycles. The Morgan fingerprint density at radius 3 is 2.71 bits per heavy atom. The van der Waals surface area contributed by atoms with E-state index in [1.165, 1.54) is 5.56 Å². The number of aromatic nitrogens is 1. The maximum atomic E-state index is 6.28. The van der Waals surface area contributed by atoms with Crippen molar-refractivity contribution in [2.45, 2.75) is 18.4 Å². The topological polar surface area (TPSA) is 50.9 Å². The number of fused-ring (bicyclic) bond motifs is 1. The second kappa shape index (κ2) is 4.77. The first kappa shape index (κ1) is 12.2. The molecule has 0 saturated heterocycles. The van der Waals surface area contributed by atoms with Crippen LogP contribution in [0.5, 0.6) is 0 Å². The van der Waals surface area contributed by atoms with Crippen molar-refractivity contribution in [3.63, 3.8) is 0 Å². The number of pyridine rings is 1. The van der Waals surface area contributed by atoms with Gasteiger partial charge in [0.05, 0.1) is 16.9 Å². The van der Waals surface area contributed by atoms with Crippen LogP contribution in [0.2, 0.25) is 0 Å². The summed E-state index contributed by atoms with van der Waals surface area (Å²) >= 11 is 0. The highest BCUT2D eigenvalue weighted by atomic mass is 15.0. The first-order valence-electron chi connectivity index (χ1n) is 7.27. The molecule has 2 atom stereocenters. The van der Waals surface area contributed by atoms with Crippen molar-refractivity contribution >= 4 is 22.3 Å². The van der Waals surface area contributed by atoms with Crippen LogP contribution in [0.1, 0.15) is 17.9 Å². The zero-order chi connectivity index (χ0) is 14.2. The molecule has 3 N–H and O–H groups in total. The summed E-state index contributed by atoms with van der Waals surface area (Å²) in [7, 11) is 0. The smallest absolute Gasteiger partial charge is 0.0724 e. The van der Waals surface area contributed by atoms with Crippen LogP contribution in [0, 0.1) is 0 Å². The Hall–Kier alpha value is -2.55. The molecule has 4 rings (SSSR count). The molecular formula is C18H17N3. The minimum absolute atomic E-state index is 0.476. The number of anilines is 2. The summed E-state index contributed by atoms with van der Waals surface area (Å²) in [5.41, 5.74) is 10.4. The van der Waals surface area contributed by atoms with E-state index in [9.17, 15) is 0 Å². The summed E-state index contributed by atoms with van der Waals surface area (Å²) in [6.07, 6.45) is 2.95. The van der Waals surface area contributed by atoms with Crippen molar-refractivity contribution in [3.8, 4) is 0 Å². The molecule has 104 valence electrons. The Kier molecular flexibility index (Phi) is 2.78. The predicted octanol–water partition coefficient (Wildman–Crippen LogP) is 3.79. The molecule has 21 heavy (non-hydrogen) atoms. The van der Waals surface area contributed by atoms with E-state index in [-0.39, 0.29) is 0 Å². The second-order valence-electron chi connectivity index (χ2n) is 5.60. The Morgan fingerprint density at radius 1 is 1.00 bits per heavy atom. The average Bonchev–Trinajstić information content (AvgIpc) is 3.31. The molecule has 0 spiro atoms. The third-order valence-corrected chi connectivity index (χ3v) is 4.19. The van der Waals surface area contributed by atoms with Gasteiger partial charge >= 0.3 is 0 Å². The molecule has 3 aromatic rings. The summed E-state index contributed by atoms with van der Waals surface area (Å²) in [4.78, 5) is 4.33. The molecule has 3 nitrogen and oxygen atoms in total. The molecular weight excluding hydrogens is 258 g/mol. The number of rotatable bonds is 3. The van der Waals surface area contributed by atoms with Crippen molar-refractivity contribution < 1.29 is 0 Å². The van der Waals surface area contributed by atoms with Gasteiger partial charge in [-0.25, -0.2) is 0 Å². The summed E-state index contributed by atoms with van der Waals surface area (Å²) in [6, 6.07) is 19.1. The largest absolute Gasteiger partial charge is 0.397 e. The molecule has 0 radical (unpaired) electrons. The van der Waals surface area contributed by atoms with Crippen LogP contribution in [0.3, 0.4) is 0 Å². The van der Waals surface area contributed by atoms with Crippen LogP contribution >= 0.6 is 0 Å². The highest BCUT2D eigenvalue weighted by Gasteiger charge is 2.38. The normalized spacial score (nSPS) is 20.4. The molecule has 1 saturated carbocycles. The van der Waals surface area contributed by atoms with Gasteiger partial charge in [0.1, 0.15) is 0 Å². The fraction of sp³-hybridized carbons (Fsp3) is 0.167. The minimum atomic E-state index is 0.476. The highest BCUT2D eigenvalue weighted by molar-refractivity contribution is 5.96. The lowest BCUT2D eigenvalue weighted by molar-refractivity contribution is 1.05. The van der Waals surface area contributed by atoms with Gasteiger partial charge in [-0.15, -0.1) is 0 Å². The number of hydrogen-bond donors (Lipinski definition) is 2. The zero-order valence-electron chi connectivity index (χ0n) is 11.7. The number of hydrogen-bond acceptors (Lipinski definition) is 3. The summed E-state index contributed by atoms with van der Waals surface area (Å²) < 4.78 is 0. The van der Waals surface area contributed by atoms with Crippen molar-refractivity contribution in [1.29, 1.82) is 0 Å². The van der Waals surface area contributed by atoms with Crippen LogP contribution in [-0.2, 0) is 0 Å². The number of nitrogens with zero attached hydrogens (tertiary/aromatic N) is 1. The highest BCUT2D eigenvalue weighted by Crippen LogP contribution is 2.43. The Morgan fingerprint density at radius 2 is 1.86 bits per heavy atom. The van der Waals surface area contributed by atoms with Crippen molar-refractivity contribution in [1.82, 2.24) is 4.98 Å². The van der Waals surface area contributed by atoms with Crippen molar-refractivity contribution in [3.05, 3.63) is 66.4 Å². The molecule has 1 aliphatic carbocycles. The summed E-state index contributed by atoms with van der Waals surface area (Å²) in [6.45, 7) is 0. The molecule has 2 unspecified atom stereocenters. The molecule has 1 fully saturated rings. The molecule has 0 aliphatic heterocycles. The number of nitrogen functional groups attached to an aromatic ring is 1. The third-order valence-electron chi connectivity index (χ3n) is 4.19. The van der Waals surface area contributed by atoms with Crippen LogP contribution in [0.15, 0.2) is 60.8 Å². The van der Waals surface area contributed by atoms with E-state index in [1.807, 2.05) is 24.3 Å². The van der Waals surface area contributed by atoms with E-state index in [1.54, 1.807) is 6.20 Å². The zero-order valence-corrected chi connectivity index (χ0v) is 11.7. The average molecular weight is 275 g/mol. The van der Waals surface area contributed by atoms with E-state index in [4.69, 9.17) is 5.73 Å². The number of nitrogens with two attached hydrogens (primary N) is 1. The van der Waals surface area contributed by atoms with E-state index in [0.717, 1.165) is 28.7 Å². The fourth-order valence-electron chi connectivity index (χ4n) is 2.92. The summed E-state index contributed by atoms with van der Waals surface area (Å²) in [5, 5.41) is 4.59. The molecule has 1 heterocycles. The van der Waals surface area contributed by atoms with E-state index < -0.39 is 0 Å². The quantitative estimate of drug-likeness (QED) is 0.715. The number of benzene rings is 2. The van der Waals surface area contributed by atoms with Gasteiger partial charge < -0.3 is 11.1 Å². The SMILES string of the molecule is Nc1c(NC2CC2c2ccccc2)ccc2ncccc12. The van der Waals surface area contributed by atoms with E-state index in [2.05, 4.69) is 40.6 Å². The lowest BCUT2D eigenvalue weighted by Gasteiger charge is -2.11. The summed E-state index contributed by atoms with van der Waals surface area (Å²) in [5.74, 6) is 0.593. The van der Waals surface area contributed by atoms with Crippen LogP contribution in [-0.4, -0.2) is 11.0 Å². The molecule has 2 aromatic carbocycles. The predicted molar refractivity (Wildman–Crippen MR) is 87.4 cm³/mol. The number of nitrogens with one attached hydrogen (secondary N) is 1. The van der Waals surface area contributed by atoms with Crippen molar-refractivity contribution in [2.75, 3.05) is 11.1 Å². The Bertz CT molecular complexity index is 783. The van der Waals surface area contributed by atoms with Gasteiger partial charge in [-0.05, 0) is 36.2 Å². The van der Waals surface area contributed by atoms with Gasteiger partial charge in [0, 0.05) is 23.5 Å². The third kappa shape index (κ3) is 2.21. The lowest BCUT2D eigenvalue weighted by atomic mass is 10.1. The van der Waals surface area contributed by atoms with Crippen LogP contribution in [0.25, 0.3) is 10.9 Å². The molecule has 1 aliphatic rings. The Labute approximate surface area is 123 Å². The monoisotopic (exact) mass is 275 g/mol. The molecule has 0 amide bonds. The second-order valence-corrected chi connectivity index (χ2v) is 5.60. The van der Waals surface area contributed by atoms with Gasteiger partial charge in [0.2, 0.25) is 0 Å². The van der Waals surface area contributed by atoms with Gasteiger partial charge in [-0.1, -0.05) is 30.3 Å².